The number of aryl methyl sites for hydroxylation is 2. The maximum Gasteiger partial charge on any atom is 0.307 e. The first-order valence-electron chi connectivity index (χ1n) is 12.9. The summed E-state index contributed by atoms with van der Waals surface area (Å²) < 4.78 is 54.2. The van der Waals surface area contributed by atoms with Gasteiger partial charge in [0.2, 0.25) is 10.0 Å². The second-order valence-corrected chi connectivity index (χ2v) is 10.9. The van der Waals surface area contributed by atoms with E-state index in [1.807, 2.05) is 32.0 Å². The Morgan fingerprint density at radius 3 is 2.48 bits per heavy atom. The summed E-state index contributed by atoms with van der Waals surface area (Å²) in [5, 5.41) is 17.2. The molecule has 2 aromatic rings. The smallest absolute Gasteiger partial charge is 0.307 e. The van der Waals surface area contributed by atoms with Gasteiger partial charge in [0.1, 0.15) is 12.4 Å². The van der Waals surface area contributed by atoms with Crippen molar-refractivity contribution in [2.45, 2.75) is 38.0 Å². The van der Waals surface area contributed by atoms with E-state index in [1.165, 1.54) is 22.2 Å². The number of halogens is 1. The van der Waals surface area contributed by atoms with Crippen molar-refractivity contribution >= 4 is 21.7 Å². The van der Waals surface area contributed by atoms with Gasteiger partial charge < -0.3 is 19.0 Å². The molecule has 0 unspecified atom stereocenters. The van der Waals surface area contributed by atoms with Crippen LogP contribution in [-0.2, 0) is 40.3 Å². The highest BCUT2D eigenvalue weighted by Crippen LogP contribution is 2.29. The number of primary sulfonamides is 1. The lowest BCUT2D eigenvalue weighted by Gasteiger charge is -2.25. The Kier molecular flexibility index (Phi) is 12.0. The molecule has 0 spiro atoms. The van der Waals surface area contributed by atoms with Crippen molar-refractivity contribution in [3.63, 3.8) is 0 Å². The molecule has 2 aromatic carbocycles. The number of anilines is 1. The van der Waals surface area contributed by atoms with Gasteiger partial charge in [0.15, 0.2) is 6.73 Å². The number of rotatable bonds is 17. The maximum absolute atomic E-state index is 15.1. The van der Waals surface area contributed by atoms with Crippen LogP contribution >= 0.6 is 0 Å². The Balaban J connectivity index is 1.54. The standard InChI is InChI=1S/C26H34FN5O9S/c1-19-5-6-20(2)21(14-19)15-22-17-30(29-31(22)25-8-7-23(16-24(25)27)42(28,36)37)18-40-26(33)4-3-9-38-10-11-39-12-13-41-32(34)35/h5-8,14,16-17,29H,3-4,9-13,15,18H2,1-2H3,(H2,28,36,37). The predicted octanol–water partition coefficient (Wildman–Crippen LogP) is 2.24. The molecule has 1 aliphatic heterocycles. The third-order valence-corrected chi connectivity index (χ3v) is 6.93. The number of carbonyl (C=O) groups is 1. The van der Waals surface area contributed by atoms with Crippen LogP contribution in [0.1, 0.15) is 29.5 Å². The Morgan fingerprint density at radius 2 is 1.79 bits per heavy atom. The summed E-state index contributed by atoms with van der Waals surface area (Å²) in [6.45, 7) is 4.42. The average Bonchev–Trinajstić information content (AvgIpc) is 3.32. The third kappa shape index (κ3) is 10.2. The van der Waals surface area contributed by atoms with Gasteiger partial charge in [0.05, 0.1) is 36.1 Å². The molecule has 16 heteroatoms. The number of nitrogens with one attached hydrogen (secondary N) is 1. The second kappa shape index (κ2) is 15.4. The van der Waals surface area contributed by atoms with Crippen molar-refractivity contribution in [1.82, 2.24) is 10.5 Å². The zero-order chi connectivity index (χ0) is 30.7. The van der Waals surface area contributed by atoms with Gasteiger partial charge in [-0.1, -0.05) is 23.8 Å². The fourth-order valence-electron chi connectivity index (χ4n) is 3.92. The Morgan fingerprint density at radius 1 is 1.07 bits per heavy atom. The minimum atomic E-state index is -4.09. The van der Waals surface area contributed by atoms with Gasteiger partial charge in [0, 0.05) is 25.6 Å². The molecule has 0 saturated heterocycles. The molecular weight excluding hydrogens is 577 g/mol. The molecule has 0 aromatic heterocycles. The summed E-state index contributed by atoms with van der Waals surface area (Å²) in [5.74, 6) is -1.28. The van der Waals surface area contributed by atoms with Crippen molar-refractivity contribution in [3.05, 3.63) is 80.9 Å². The van der Waals surface area contributed by atoms with Crippen molar-refractivity contribution < 1.29 is 41.7 Å². The molecule has 3 N–H and O–H groups in total. The fourth-order valence-corrected chi connectivity index (χ4v) is 4.44. The van der Waals surface area contributed by atoms with Crippen LogP contribution in [0.15, 0.2) is 53.2 Å². The summed E-state index contributed by atoms with van der Waals surface area (Å²) in [6.07, 6.45) is 2.59. The monoisotopic (exact) mass is 611 g/mol. The highest BCUT2D eigenvalue weighted by molar-refractivity contribution is 7.89. The lowest BCUT2D eigenvalue weighted by Crippen LogP contribution is -2.42. The topological polar surface area (TPSA) is 176 Å². The molecule has 14 nitrogen and oxygen atoms in total. The number of hydrogen-bond donors (Lipinski definition) is 2. The number of allylic oxidation sites excluding steroid dienone is 1. The number of nitrogens with two attached hydrogens (primary N) is 1. The highest BCUT2D eigenvalue weighted by Gasteiger charge is 2.26. The molecule has 0 radical (unpaired) electrons. The number of hydrazine groups is 2. The minimum Gasteiger partial charge on any atom is -0.443 e. The summed E-state index contributed by atoms with van der Waals surface area (Å²) in [4.78, 5) is 26.1. The van der Waals surface area contributed by atoms with E-state index in [2.05, 4.69) is 10.4 Å². The van der Waals surface area contributed by atoms with Gasteiger partial charge in [-0.3, -0.25) is 14.8 Å². The first kappa shape index (κ1) is 32.7. The molecule has 1 heterocycles. The number of nitrogens with zero attached hydrogens (tertiary/aromatic N) is 3. The average molecular weight is 612 g/mol. The number of sulfonamides is 1. The van der Waals surface area contributed by atoms with Crippen LogP contribution in [-0.4, -0.2) is 64.2 Å². The van der Waals surface area contributed by atoms with Crippen molar-refractivity contribution in [3.8, 4) is 0 Å². The van der Waals surface area contributed by atoms with Gasteiger partial charge in [-0.2, -0.15) is 0 Å². The molecule has 230 valence electrons. The van der Waals surface area contributed by atoms with Gasteiger partial charge in [-0.15, -0.1) is 15.6 Å². The van der Waals surface area contributed by atoms with Gasteiger partial charge in [-0.05, 0) is 49.6 Å². The van der Waals surface area contributed by atoms with E-state index < -0.39 is 26.9 Å². The quantitative estimate of drug-likeness (QED) is 0.116. The lowest BCUT2D eigenvalue weighted by atomic mass is 10.0. The number of hydrogen-bond acceptors (Lipinski definition) is 12. The predicted molar refractivity (Wildman–Crippen MR) is 148 cm³/mol. The van der Waals surface area contributed by atoms with E-state index in [0.717, 1.165) is 22.8 Å². The molecule has 3 rings (SSSR count). The third-order valence-electron chi connectivity index (χ3n) is 6.02. The SMILES string of the molecule is Cc1ccc(C)c(CC2=CN(COC(=O)CCCOCCOCCO[N+](=O)[O-])NN2c2ccc(S(N)(=O)=O)cc2F)c1. The van der Waals surface area contributed by atoms with E-state index >= 15 is 4.39 Å². The molecule has 1 aliphatic rings. The first-order chi connectivity index (χ1) is 19.9. The van der Waals surface area contributed by atoms with Crippen LogP contribution in [0.2, 0.25) is 0 Å². The molecule has 42 heavy (non-hydrogen) atoms. The molecule has 0 atom stereocenters. The van der Waals surface area contributed by atoms with E-state index in [1.54, 1.807) is 6.20 Å². The highest BCUT2D eigenvalue weighted by atomic mass is 32.2. The fraction of sp³-hybridized carbons (Fsp3) is 0.423. The van der Waals surface area contributed by atoms with Gasteiger partial charge in [-0.25, -0.2) is 17.9 Å². The van der Waals surface area contributed by atoms with E-state index in [9.17, 15) is 23.3 Å². The summed E-state index contributed by atoms with van der Waals surface area (Å²) in [6, 6.07) is 9.38. The van der Waals surface area contributed by atoms with E-state index in [4.69, 9.17) is 19.3 Å². The van der Waals surface area contributed by atoms with E-state index in [-0.39, 0.29) is 56.8 Å². The number of ether oxygens (including phenoxy) is 3. The van der Waals surface area contributed by atoms with Crippen LogP contribution in [0, 0.1) is 29.8 Å². The number of carbonyl (C=O) groups excluding carboxylic acids is 1. The lowest BCUT2D eigenvalue weighted by molar-refractivity contribution is -0.758. The Hall–Kier alpha value is -3.83. The van der Waals surface area contributed by atoms with Crippen molar-refractivity contribution in [2.24, 2.45) is 5.14 Å². The maximum atomic E-state index is 15.1. The Bertz CT molecular complexity index is 1390. The van der Waals surface area contributed by atoms with Crippen LogP contribution < -0.4 is 15.7 Å². The number of benzene rings is 2. The zero-order valence-electron chi connectivity index (χ0n) is 23.3. The summed E-state index contributed by atoms with van der Waals surface area (Å²) >= 11 is 0. The summed E-state index contributed by atoms with van der Waals surface area (Å²) in [7, 11) is -4.09. The second-order valence-electron chi connectivity index (χ2n) is 9.32. The van der Waals surface area contributed by atoms with Gasteiger partial charge in [0.25, 0.3) is 5.09 Å². The first-order valence-corrected chi connectivity index (χ1v) is 14.5. The van der Waals surface area contributed by atoms with Crippen molar-refractivity contribution in [2.75, 3.05) is 44.8 Å². The molecule has 0 amide bonds. The number of esters is 1. The zero-order valence-corrected chi connectivity index (χ0v) is 24.1. The van der Waals surface area contributed by atoms with E-state index in [0.29, 0.717) is 18.5 Å². The largest absolute Gasteiger partial charge is 0.443 e. The summed E-state index contributed by atoms with van der Waals surface area (Å²) in [5.41, 5.74) is 6.75. The normalized spacial score (nSPS) is 13.3. The molecular formula is C26H34FN5O9S. The Labute approximate surface area is 242 Å². The van der Waals surface area contributed by atoms with Crippen LogP contribution in [0.3, 0.4) is 0 Å². The van der Waals surface area contributed by atoms with Crippen molar-refractivity contribution in [1.29, 1.82) is 0 Å². The molecule has 0 aliphatic carbocycles. The van der Waals surface area contributed by atoms with Crippen LogP contribution in [0.5, 0.6) is 0 Å². The minimum absolute atomic E-state index is 0.0548. The van der Waals surface area contributed by atoms with Gasteiger partial charge >= 0.3 is 5.97 Å². The molecule has 0 fully saturated rings. The van der Waals surface area contributed by atoms with Crippen LogP contribution in [0.4, 0.5) is 10.1 Å². The molecule has 0 saturated carbocycles. The molecule has 0 bridgehead atoms. The van der Waals surface area contributed by atoms with Crippen LogP contribution in [0.25, 0.3) is 0 Å².